The second-order valence-electron chi connectivity index (χ2n) is 12.3. The lowest BCUT2D eigenvalue weighted by molar-refractivity contribution is -0.199. The molecule has 5 aliphatic rings. The van der Waals surface area contributed by atoms with Crippen LogP contribution in [0.2, 0.25) is 0 Å². The lowest BCUT2D eigenvalue weighted by atomic mass is 9.47. The number of allylic oxidation sites excluding steroid dienone is 4. The van der Waals surface area contributed by atoms with E-state index in [2.05, 4.69) is 18.0 Å². The van der Waals surface area contributed by atoms with Crippen molar-refractivity contribution in [2.75, 3.05) is 6.61 Å². The molecule has 0 bridgehead atoms. The molecular weight excluding hydrogens is 482 g/mol. The van der Waals surface area contributed by atoms with Gasteiger partial charge in [-0.05, 0) is 49.3 Å². The second kappa shape index (κ2) is 8.15. The number of rotatable bonds is 3. The number of ether oxygens (including phenoxy) is 2. The van der Waals surface area contributed by atoms with E-state index in [0.717, 1.165) is 28.5 Å². The fourth-order valence-corrected chi connectivity index (χ4v) is 9.06. The van der Waals surface area contributed by atoms with Gasteiger partial charge in [-0.1, -0.05) is 49.8 Å². The van der Waals surface area contributed by atoms with Crippen LogP contribution >= 0.6 is 0 Å². The van der Waals surface area contributed by atoms with Gasteiger partial charge >= 0.3 is 0 Å². The molecule has 198 valence electrons. The molecule has 1 aromatic carbocycles. The Kier molecular flexibility index (Phi) is 5.22. The standard InChI is InChI=1S/C31H33NO6/c1-29-11-9-18(34)13-17(29)7-8-21-22-14-26-31(25(36)16-33,30(22,2)15-24(35)27(21)29)38-28(37-26)20-10-12-32-23-6-4-3-5-19(20)23/h3-7,9-12,21-22,24,26-28,33,35H,8,13-16H2,1-2H3/t21-,22-,24-,26+,27+,28?,29-,30-,31+/m0/s1. The summed E-state index contributed by atoms with van der Waals surface area (Å²) in [6.07, 6.45) is 7.63. The highest BCUT2D eigenvalue weighted by Crippen LogP contribution is 2.70. The van der Waals surface area contributed by atoms with Crippen molar-refractivity contribution >= 4 is 22.5 Å². The summed E-state index contributed by atoms with van der Waals surface area (Å²) in [5.74, 6) is -0.212. The van der Waals surface area contributed by atoms with Crippen LogP contribution in [0.25, 0.3) is 10.9 Å². The number of aromatic nitrogens is 1. The lowest BCUT2D eigenvalue weighted by Crippen LogP contribution is -2.63. The molecule has 0 amide bonds. The third-order valence-corrected chi connectivity index (χ3v) is 10.7. The monoisotopic (exact) mass is 515 g/mol. The molecule has 1 unspecified atom stereocenters. The Morgan fingerprint density at radius 3 is 2.84 bits per heavy atom. The van der Waals surface area contributed by atoms with Crippen LogP contribution < -0.4 is 0 Å². The van der Waals surface area contributed by atoms with Crippen LogP contribution in [0, 0.1) is 28.6 Å². The number of aliphatic hydroxyl groups is 2. The third-order valence-electron chi connectivity index (χ3n) is 10.7. The van der Waals surface area contributed by atoms with Crippen molar-refractivity contribution < 1.29 is 29.3 Å². The fraction of sp³-hybridized carbons (Fsp3) is 0.516. The molecular formula is C31H33NO6. The largest absolute Gasteiger partial charge is 0.393 e. The number of fused-ring (bicyclic) bond motifs is 8. The number of carbonyl (C=O) groups excluding carboxylic acids is 2. The van der Waals surface area contributed by atoms with Gasteiger partial charge in [-0.3, -0.25) is 14.6 Å². The van der Waals surface area contributed by atoms with Gasteiger partial charge in [-0.2, -0.15) is 0 Å². The summed E-state index contributed by atoms with van der Waals surface area (Å²) in [4.78, 5) is 30.3. The fourth-order valence-electron chi connectivity index (χ4n) is 9.06. The zero-order valence-electron chi connectivity index (χ0n) is 21.7. The van der Waals surface area contributed by atoms with Crippen molar-refractivity contribution in [2.45, 2.75) is 63.6 Å². The van der Waals surface area contributed by atoms with Gasteiger partial charge in [0.2, 0.25) is 0 Å². The van der Waals surface area contributed by atoms with Crippen LogP contribution in [0.5, 0.6) is 0 Å². The maximum atomic E-state index is 13.7. The quantitative estimate of drug-likeness (QED) is 0.599. The Hall–Kier alpha value is -2.71. The summed E-state index contributed by atoms with van der Waals surface area (Å²) in [6.45, 7) is 3.53. The van der Waals surface area contributed by atoms with Crippen molar-refractivity contribution in [1.29, 1.82) is 0 Å². The first-order chi connectivity index (χ1) is 18.2. The van der Waals surface area contributed by atoms with Crippen molar-refractivity contribution in [3.8, 4) is 0 Å². The molecule has 38 heavy (non-hydrogen) atoms. The number of aliphatic hydroxyl groups excluding tert-OH is 2. The minimum atomic E-state index is -1.36. The van der Waals surface area contributed by atoms with E-state index in [1.807, 2.05) is 43.3 Å². The molecule has 4 aliphatic carbocycles. The van der Waals surface area contributed by atoms with Crippen molar-refractivity contribution in [3.05, 3.63) is 65.9 Å². The first-order valence-electron chi connectivity index (χ1n) is 13.6. The van der Waals surface area contributed by atoms with E-state index in [4.69, 9.17) is 9.47 Å². The normalized spacial score (nSPS) is 43.3. The molecule has 1 aromatic heterocycles. The van der Waals surface area contributed by atoms with Gasteiger partial charge < -0.3 is 19.7 Å². The Bertz CT molecular complexity index is 1410. The molecule has 2 aromatic rings. The van der Waals surface area contributed by atoms with Gasteiger partial charge in [0.05, 0.1) is 17.7 Å². The van der Waals surface area contributed by atoms with Gasteiger partial charge in [0.15, 0.2) is 23.5 Å². The Morgan fingerprint density at radius 1 is 1.21 bits per heavy atom. The zero-order chi connectivity index (χ0) is 26.4. The van der Waals surface area contributed by atoms with Gasteiger partial charge in [0.25, 0.3) is 0 Å². The van der Waals surface area contributed by atoms with Crippen LogP contribution in [-0.4, -0.2) is 51.2 Å². The molecule has 7 rings (SSSR count). The molecule has 0 spiro atoms. The summed E-state index contributed by atoms with van der Waals surface area (Å²) in [5, 5.41) is 22.9. The van der Waals surface area contributed by atoms with Gasteiger partial charge in [0, 0.05) is 40.3 Å². The summed E-state index contributed by atoms with van der Waals surface area (Å²) >= 11 is 0. The highest BCUT2D eigenvalue weighted by Gasteiger charge is 2.75. The highest BCUT2D eigenvalue weighted by molar-refractivity contribution is 5.93. The van der Waals surface area contributed by atoms with E-state index in [-0.39, 0.29) is 29.3 Å². The summed E-state index contributed by atoms with van der Waals surface area (Å²) < 4.78 is 13.3. The van der Waals surface area contributed by atoms with Gasteiger partial charge in [0.1, 0.15) is 6.61 Å². The number of hydrogen-bond donors (Lipinski definition) is 2. The minimum Gasteiger partial charge on any atom is -0.393 e. The molecule has 2 saturated carbocycles. The Balaban J connectivity index is 1.30. The highest BCUT2D eigenvalue weighted by atomic mass is 16.7. The van der Waals surface area contributed by atoms with E-state index in [0.29, 0.717) is 19.3 Å². The first-order valence-corrected chi connectivity index (χ1v) is 13.6. The number of ketones is 2. The zero-order valence-corrected chi connectivity index (χ0v) is 21.7. The Morgan fingerprint density at radius 2 is 2.03 bits per heavy atom. The maximum Gasteiger partial charge on any atom is 0.193 e. The van der Waals surface area contributed by atoms with Crippen LogP contribution in [-0.2, 0) is 19.1 Å². The molecule has 2 heterocycles. The van der Waals surface area contributed by atoms with Crippen LogP contribution in [0.15, 0.2) is 60.3 Å². The molecule has 9 atom stereocenters. The van der Waals surface area contributed by atoms with Crippen LogP contribution in [0.1, 0.15) is 51.4 Å². The Labute approximate surface area is 221 Å². The number of nitrogens with zero attached hydrogens (tertiary/aromatic N) is 1. The number of Topliss-reactive ketones (excluding diaryl/α,β-unsaturated/α-hetero) is 1. The number of hydrogen-bond acceptors (Lipinski definition) is 7. The molecule has 2 N–H and O–H groups in total. The average Bonchev–Trinajstić information content (AvgIpc) is 3.41. The first kappa shape index (κ1) is 24.3. The van der Waals surface area contributed by atoms with E-state index in [1.54, 1.807) is 12.3 Å². The number of carbonyl (C=O) groups is 2. The molecule has 3 fully saturated rings. The summed E-state index contributed by atoms with van der Waals surface area (Å²) in [7, 11) is 0. The second-order valence-corrected chi connectivity index (χ2v) is 12.3. The molecule has 1 aliphatic heterocycles. The molecule has 0 radical (unpaired) electrons. The lowest BCUT2D eigenvalue weighted by Gasteiger charge is -2.59. The minimum absolute atomic E-state index is 0.0483. The average molecular weight is 516 g/mol. The number of para-hydroxylation sites is 1. The van der Waals surface area contributed by atoms with Crippen molar-refractivity contribution in [3.63, 3.8) is 0 Å². The van der Waals surface area contributed by atoms with Crippen molar-refractivity contribution in [2.24, 2.45) is 28.6 Å². The van der Waals surface area contributed by atoms with Crippen LogP contribution in [0.4, 0.5) is 0 Å². The number of pyridine rings is 1. The SMILES string of the molecule is C[C@]12C=CC(=O)CC1=CC[C@@H]1[C@@H]2[C@@H](O)C[C@@]2(C)[C@H]1C[C@H]1OC(c3ccnc4ccccc34)O[C@]12C(=O)CO. The molecule has 7 heteroatoms. The molecule has 1 saturated heterocycles. The van der Waals surface area contributed by atoms with E-state index in [9.17, 15) is 19.8 Å². The van der Waals surface area contributed by atoms with Gasteiger partial charge in [-0.15, -0.1) is 0 Å². The predicted octanol–water partition coefficient (Wildman–Crippen LogP) is 3.84. The predicted molar refractivity (Wildman–Crippen MR) is 139 cm³/mol. The third kappa shape index (κ3) is 2.96. The summed E-state index contributed by atoms with van der Waals surface area (Å²) in [5.41, 5.74) is 0.213. The summed E-state index contributed by atoms with van der Waals surface area (Å²) in [6, 6.07) is 9.62. The smallest absolute Gasteiger partial charge is 0.193 e. The maximum absolute atomic E-state index is 13.7. The topological polar surface area (TPSA) is 106 Å². The van der Waals surface area contributed by atoms with Gasteiger partial charge in [-0.25, -0.2) is 0 Å². The van der Waals surface area contributed by atoms with E-state index < -0.39 is 41.5 Å². The number of benzene rings is 1. The van der Waals surface area contributed by atoms with Crippen molar-refractivity contribution in [1.82, 2.24) is 4.98 Å². The van der Waals surface area contributed by atoms with Crippen LogP contribution in [0.3, 0.4) is 0 Å². The molecule has 7 nitrogen and oxygen atoms in total. The van der Waals surface area contributed by atoms with E-state index in [1.165, 1.54) is 0 Å². The van der Waals surface area contributed by atoms with E-state index >= 15 is 0 Å².